The lowest BCUT2D eigenvalue weighted by atomic mass is 10.0. The summed E-state index contributed by atoms with van der Waals surface area (Å²) in [6, 6.07) is 0. The van der Waals surface area contributed by atoms with E-state index in [4.69, 9.17) is 37.0 Å². The van der Waals surface area contributed by atoms with Crippen molar-refractivity contribution in [2.24, 2.45) is 0 Å². The van der Waals surface area contributed by atoms with Gasteiger partial charge >= 0.3 is 39.5 Å². The van der Waals surface area contributed by atoms with Gasteiger partial charge in [0, 0.05) is 25.7 Å². The molecule has 0 aromatic heterocycles. The first kappa shape index (κ1) is 91.1. The van der Waals surface area contributed by atoms with Gasteiger partial charge in [-0.25, -0.2) is 9.13 Å². The van der Waals surface area contributed by atoms with Gasteiger partial charge in [-0.2, -0.15) is 0 Å². The summed E-state index contributed by atoms with van der Waals surface area (Å²) in [6.07, 6.45) is 58.7. The minimum atomic E-state index is -4.95. The second-order valence-corrected chi connectivity index (χ2v) is 29.6. The number of aliphatic hydroxyl groups is 1. The van der Waals surface area contributed by atoms with Crippen molar-refractivity contribution < 1.29 is 80.2 Å². The smallest absolute Gasteiger partial charge is 0.462 e. The molecule has 5 atom stereocenters. The summed E-state index contributed by atoms with van der Waals surface area (Å²) in [5, 5.41) is 10.6. The maximum atomic E-state index is 13.1. The van der Waals surface area contributed by atoms with Crippen molar-refractivity contribution in [1.82, 2.24) is 0 Å². The molecule has 0 rings (SSSR count). The minimum absolute atomic E-state index is 0.105. The predicted molar refractivity (Wildman–Crippen MR) is 377 cm³/mol. The van der Waals surface area contributed by atoms with E-state index < -0.39 is 97.5 Å². The van der Waals surface area contributed by atoms with Crippen LogP contribution in [-0.4, -0.2) is 96.7 Å². The Balaban J connectivity index is 5.13. The molecule has 3 N–H and O–H groups in total. The highest BCUT2D eigenvalue weighted by Gasteiger charge is 2.30. The maximum Gasteiger partial charge on any atom is 0.472 e. The van der Waals surface area contributed by atoms with Gasteiger partial charge in [0.2, 0.25) is 0 Å². The number of phosphoric ester groups is 2. The quantitative estimate of drug-likeness (QED) is 0.0222. The highest BCUT2D eigenvalue weighted by atomic mass is 31.2. The SMILES string of the molecule is CCCCCCCCCCCCCCCCCCCCCC(=O)OC[C@H](COP(=O)(O)OC[C@@H](O)COP(=O)(O)OC[C@@H](COC(=O)CCCCCCCCC)OC(=O)CCCCCCCCCC)OC(=O)CCCCCCCCCCCCCCCCCCCCC. The number of unbranched alkanes of at least 4 members (excludes halogenated alkanes) is 49. The van der Waals surface area contributed by atoms with Crippen LogP contribution in [0.1, 0.15) is 394 Å². The third-order valence-corrected chi connectivity index (χ3v) is 19.3. The van der Waals surface area contributed by atoms with Crippen LogP contribution in [0.15, 0.2) is 0 Å². The van der Waals surface area contributed by atoms with Crippen molar-refractivity contribution in [3.05, 3.63) is 0 Å². The van der Waals surface area contributed by atoms with Gasteiger partial charge in [0.25, 0.3) is 0 Å². The van der Waals surface area contributed by atoms with Crippen LogP contribution < -0.4 is 0 Å². The van der Waals surface area contributed by atoms with E-state index >= 15 is 0 Å². The summed E-state index contributed by atoms with van der Waals surface area (Å²) in [7, 11) is -9.89. The number of hydrogen-bond acceptors (Lipinski definition) is 15. The first-order valence-corrected chi connectivity index (χ1v) is 41.8. The van der Waals surface area contributed by atoms with Crippen LogP contribution in [0.4, 0.5) is 0 Å². The van der Waals surface area contributed by atoms with Gasteiger partial charge in [-0.1, -0.05) is 342 Å². The van der Waals surface area contributed by atoms with Crippen LogP contribution in [0, 0.1) is 0 Å². The number of rotatable bonds is 75. The number of carbonyl (C=O) groups is 4. The largest absolute Gasteiger partial charge is 0.472 e. The molecule has 0 saturated heterocycles. The molecule has 0 aromatic rings. The molecule has 0 aromatic carbocycles. The lowest BCUT2D eigenvalue weighted by Crippen LogP contribution is -2.30. The molecule has 93 heavy (non-hydrogen) atoms. The molecule has 0 fully saturated rings. The molecule has 0 saturated carbocycles. The zero-order valence-electron chi connectivity index (χ0n) is 60.2. The van der Waals surface area contributed by atoms with E-state index in [1.165, 1.54) is 205 Å². The summed E-state index contributed by atoms with van der Waals surface area (Å²) >= 11 is 0. The standard InChI is InChI=1S/C74H144O17P2/c1-5-9-13-17-21-24-26-28-30-32-34-36-38-40-42-44-48-51-55-59-72(77)85-65-70(91-74(79)61-57-53-49-45-43-41-39-37-35-33-31-29-27-25-22-18-14-10-6-2)67-89-93(82,83)87-63-68(75)62-86-92(80,81)88-66-69(64-84-71(76)58-54-50-46-20-16-12-8-4)90-73(78)60-56-52-47-23-19-15-11-7-3/h68-70,75H,5-67H2,1-4H3,(H,80,81)(H,82,83)/t68-,69+,70+/m0/s1. The van der Waals surface area contributed by atoms with Crippen molar-refractivity contribution in [3.8, 4) is 0 Å². The van der Waals surface area contributed by atoms with E-state index in [2.05, 4.69) is 27.7 Å². The van der Waals surface area contributed by atoms with Crippen molar-refractivity contribution in [3.63, 3.8) is 0 Å². The lowest BCUT2D eigenvalue weighted by Gasteiger charge is -2.21. The highest BCUT2D eigenvalue weighted by Crippen LogP contribution is 2.45. The highest BCUT2D eigenvalue weighted by molar-refractivity contribution is 7.47. The van der Waals surface area contributed by atoms with Gasteiger partial charge in [0.1, 0.15) is 19.3 Å². The Bertz CT molecular complexity index is 1770. The Morgan fingerprint density at radius 3 is 0.634 bits per heavy atom. The molecule has 0 amide bonds. The fourth-order valence-electron chi connectivity index (χ4n) is 11.4. The molecule has 552 valence electrons. The summed E-state index contributed by atoms with van der Waals surface area (Å²) < 4.78 is 68.2. The van der Waals surface area contributed by atoms with E-state index in [1.54, 1.807) is 0 Å². The maximum absolute atomic E-state index is 13.1. The van der Waals surface area contributed by atoms with Crippen LogP contribution in [0.2, 0.25) is 0 Å². The first-order chi connectivity index (χ1) is 45.2. The van der Waals surface area contributed by atoms with E-state index in [-0.39, 0.29) is 25.7 Å². The number of carbonyl (C=O) groups excluding carboxylic acids is 4. The molecule has 0 aliphatic heterocycles. The van der Waals surface area contributed by atoms with Crippen LogP contribution >= 0.6 is 15.6 Å². The van der Waals surface area contributed by atoms with Gasteiger partial charge in [-0.3, -0.25) is 37.3 Å². The molecule has 0 spiro atoms. The number of hydrogen-bond donors (Lipinski definition) is 3. The zero-order chi connectivity index (χ0) is 68.2. The number of aliphatic hydroxyl groups excluding tert-OH is 1. The molecule has 17 nitrogen and oxygen atoms in total. The Kier molecular flexibility index (Phi) is 67.1. The van der Waals surface area contributed by atoms with Crippen LogP contribution in [0.25, 0.3) is 0 Å². The third kappa shape index (κ3) is 68.4. The Morgan fingerprint density at radius 2 is 0.430 bits per heavy atom. The molecule has 0 heterocycles. The van der Waals surface area contributed by atoms with Crippen molar-refractivity contribution >= 4 is 39.5 Å². The van der Waals surface area contributed by atoms with Crippen LogP contribution in [0.5, 0.6) is 0 Å². The number of ether oxygens (including phenoxy) is 4. The predicted octanol–water partition coefficient (Wildman–Crippen LogP) is 21.8. The van der Waals surface area contributed by atoms with Gasteiger partial charge in [-0.15, -0.1) is 0 Å². The average molecular weight is 1370 g/mol. The Hall–Kier alpha value is -1.94. The zero-order valence-corrected chi connectivity index (χ0v) is 62.0. The minimum Gasteiger partial charge on any atom is -0.462 e. The fourth-order valence-corrected chi connectivity index (χ4v) is 13.0. The van der Waals surface area contributed by atoms with Crippen LogP contribution in [-0.2, 0) is 65.4 Å². The molecule has 19 heteroatoms. The monoisotopic (exact) mass is 1370 g/mol. The van der Waals surface area contributed by atoms with E-state index in [0.717, 1.165) is 109 Å². The second kappa shape index (κ2) is 68.6. The van der Waals surface area contributed by atoms with Gasteiger partial charge in [0.05, 0.1) is 26.4 Å². The second-order valence-electron chi connectivity index (χ2n) is 26.7. The normalized spacial score (nSPS) is 13.9. The lowest BCUT2D eigenvalue weighted by molar-refractivity contribution is -0.161. The van der Waals surface area contributed by atoms with Crippen molar-refractivity contribution in [2.45, 2.75) is 412 Å². The molecule has 0 radical (unpaired) electrons. The fraction of sp³-hybridized carbons (Fsp3) is 0.946. The number of esters is 4. The van der Waals surface area contributed by atoms with Gasteiger partial charge in [-0.05, 0) is 25.7 Å². The van der Waals surface area contributed by atoms with Crippen LogP contribution in [0.3, 0.4) is 0 Å². The summed E-state index contributed by atoms with van der Waals surface area (Å²) in [4.78, 5) is 72.4. The van der Waals surface area contributed by atoms with E-state index in [9.17, 15) is 43.2 Å². The third-order valence-electron chi connectivity index (χ3n) is 17.4. The molecular formula is C74H144O17P2. The topological polar surface area (TPSA) is 237 Å². The first-order valence-electron chi connectivity index (χ1n) is 38.8. The molecule has 0 bridgehead atoms. The number of phosphoric acid groups is 2. The van der Waals surface area contributed by atoms with E-state index in [0.29, 0.717) is 25.7 Å². The van der Waals surface area contributed by atoms with Crippen molar-refractivity contribution in [2.75, 3.05) is 39.6 Å². The summed E-state index contributed by atoms with van der Waals surface area (Å²) in [5.41, 5.74) is 0. The summed E-state index contributed by atoms with van der Waals surface area (Å²) in [6.45, 7) is 4.90. The molecule has 0 aliphatic carbocycles. The summed E-state index contributed by atoms with van der Waals surface area (Å²) in [5.74, 6) is -2.12. The van der Waals surface area contributed by atoms with E-state index in [1.807, 2.05) is 0 Å². The molecular weight excluding hydrogens is 1220 g/mol. The average Bonchev–Trinajstić information content (AvgIpc) is 2.89. The van der Waals surface area contributed by atoms with Crippen molar-refractivity contribution in [1.29, 1.82) is 0 Å². The van der Waals surface area contributed by atoms with Gasteiger partial charge in [0.15, 0.2) is 12.2 Å². The molecule has 2 unspecified atom stereocenters. The molecule has 0 aliphatic rings. The van der Waals surface area contributed by atoms with Gasteiger partial charge < -0.3 is 33.8 Å². The Labute approximate surface area is 568 Å². The Morgan fingerprint density at radius 1 is 0.258 bits per heavy atom.